The Morgan fingerprint density at radius 1 is 1.14 bits per heavy atom. The lowest BCUT2D eigenvalue weighted by atomic mass is 10.1. The Hall–Kier alpha value is -3.22. The van der Waals surface area contributed by atoms with Crippen molar-refractivity contribution in [1.29, 1.82) is 0 Å². The Kier molecular flexibility index (Phi) is 8.65. The van der Waals surface area contributed by atoms with Crippen LogP contribution < -0.4 is 15.0 Å². The molecule has 35 heavy (non-hydrogen) atoms. The number of carbonyl (C=O) groups is 2. The Balaban J connectivity index is 1.58. The van der Waals surface area contributed by atoms with Gasteiger partial charge >= 0.3 is 6.09 Å². The van der Waals surface area contributed by atoms with Crippen molar-refractivity contribution < 1.29 is 19.1 Å². The van der Waals surface area contributed by atoms with Crippen LogP contribution >= 0.6 is 0 Å². The fourth-order valence-corrected chi connectivity index (χ4v) is 4.09. The zero-order valence-corrected chi connectivity index (χ0v) is 21.9. The van der Waals surface area contributed by atoms with Gasteiger partial charge in [0.05, 0.1) is 12.6 Å². The molecule has 1 aliphatic rings. The van der Waals surface area contributed by atoms with Gasteiger partial charge in [0.15, 0.2) is 0 Å². The number of likely N-dealkylation sites (N-methyl/N-ethyl adjacent to an activating group) is 1. The predicted octanol–water partition coefficient (Wildman–Crippen LogP) is 5.87. The average Bonchev–Trinajstić information content (AvgIpc) is 3.28. The van der Waals surface area contributed by atoms with E-state index in [4.69, 9.17) is 9.47 Å². The standard InChI is InChI=1S/C28H39N3O4/c1-7-8-17-34-24-12-9-21(10-13-24)26(32)29-22-11-14-25(20(2)18-22)31-16-15-23(19-31)30(6)27(33)35-28(3,4)5/h9-14,18,23H,7-8,15-17,19H2,1-6H3,(H,29,32). The fourth-order valence-electron chi connectivity index (χ4n) is 4.09. The third kappa shape index (κ3) is 7.38. The Bertz CT molecular complexity index is 1010. The van der Waals surface area contributed by atoms with Crippen molar-refractivity contribution in [3.63, 3.8) is 0 Å². The number of amides is 2. The molecule has 1 aliphatic heterocycles. The van der Waals surface area contributed by atoms with E-state index in [2.05, 4.69) is 17.1 Å². The molecule has 190 valence electrons. The Morgan fingerprint density at radius 3 is 2.49 bits per heavy atom. The third-order valence-electron chi connectivity index (χ3n) is 6.07. The molecule has 0 aromatic heterocycles. The van der Waals surface area contributed by atoms with Gasteiger partial charge in [-0.3, -0.25) is 4.79 Å². The van der Waals surface area contributed by atoms with Gasteiger partial charge in [0.25, 0.3) is 5.91 Å². The van der Waals surface area contributed by atoms with E-state index in [1.807, 2.05) is 58.0 Å². The van der Waals surface area contributed by atoms with Gasteiger partial charge in [0.2, 0.25) is 0 Å². The molecule has 1 heterocycles. The van der Waals surface area contributed by atoms with E-state index >= 15 is 0 Å². The molecule has 1 fully saturated rings. The van der Waals surface area contributed by atoms with E-state index in [-0.39, 0.29) is 18.0 Å². The number of unbranched alkanes of at least 4 members (excludes halogenated alkanes) is 1. The van der Waals surface area contributed by atoms with Gasteiger partial charge in [-0.15, -0.1) is 0 Å². The van der Waals surface area contributed by atoms with E-state index in [1.54, 1.807) is 24.1 Å². The molecule has 0 bridgehead atoms. The van der Waals surface area contributed by atoms with Gasteiger partial charge < -0.3 is 24.6 Å². The van der Waals surface area contributed by atoms with E-state index in [1.165, 1.54) is 0 Å². The summed E-state index contributed by atoms with van der Waals surface area (Å²) in [5.74, 6) is 0.619. The van der Waals surface area contributed by atoms with Gasteiger partial charge in [-0.1, -0.05) is 13.3 Å². The topological polar surface area (TPSA) is 71.1 Å². The molecule has 2 aromatic carbocycles. The number of carbonyl (C=O) groups excluding carboxylic acids is 2. The Morgan fingerprint density at radius 2 is 1.86 bits per heavy atom. The zero-order valence-electron chi connectivity index (χ0n) is 21.9. The van der Waals surface area contributed by atoms with Gasteiger partial charge in [-0.25, -0.2) is 4.79 Å². The van der Waals surface area contributed by atoms with Crippen molar-refractivity contribution in [1.82, 2.24) is 4.90 Å². The monoisotopic (exact) mass is 481 g/mol. The van der Waals surface area contributed by atoms with Crippen LogP contribution in [0, 0.1) is 6.92 Å². The summed E-state index contributed by atoms with van der Waals surface area (Å²) in [5, 5.41) is 2.98. The number of rotatable bonds is 8. The van der Waals surface area contributed by atoms with Crippen LogP contribution in [0.1, 0.15) is 62.9 Å². The third-order valence-corrected chi connectivity index (χ3v) is 6.07. The largest absolute Gasteiger partial charge is 0.494 e. The molecule has 0 aliphatic carbocycles. The molecule has 1 saturated heterocycles. The van der Waals surface area contributed by atoms with Crippen molar-refractivity contribution >= 4 is 23.4 Å². The highest BCUT2D eigenvalue weighted by Crippen LogP contribution is 2.29. The van der Waals surface area contributed by atoms with Crippen LogP contribution in [0.2, 0.25) is 0 Å². The molecule has 0 radical (unpaired) electrons. The molecule has 3 rings (SSSR count). The van der Waals surface area contributed by atoms with Crippen LogP contribution in [0.3, 0.4) is 0 Å². The number of benzene rings is 2. The molecular formula is C28H39N3O4. The lowest BCUT2D eigenvalue weighted by molar-refractivity contribution is 0.0238. The van der Waals surface area contributed by atoms with Gasteiger partial charge in [-0.05, 0) is 88.6 Å². The number of hydrogen-bond acceptors (Lipinski definition) is 5. The van der Waals surface area contributed by atoms with Crippen molar-refractivity contribution in [3.05, 3.63) is 53.6 Å². The minimum Gasteiger partial charge on any atom is -0.494 e. The van der Waals surface area contributed by atoms with Gasteiger partial charge in [0.1, 0.15) is 11.4 Å². The zero-order chi connectivity index (χ0) is 25.6. The van der Waals surface area contributed by atoms with E-state index in [0.717, 1.165) is 55.0 Å². The van der Waals surface area contributed by atoms with Crippen molar-refractivity contribution in [3.8, 4) is 5.75 Å². The van der Waals surface area contributed by atoms with Crippen LogP contribution in [-0.4, -0.2) is 55.3 Å². The van der Waals surface area contributed by atoms with Crippen LogP contribution in [0.25, 0.3) is 0 Å². The summed E-state index contributed by atoms with van der Waals surface area (Å²) in [7, 11) is 1.80. The van der Waals surface area contributed by atoms with Crippen molar-refractivity contribution in [2.75, 3.05) is 37.0 Å². The highest BCUT2D eigenvalue weighted by molar-refractivity contribution is 6.04. The molecule has 2 aromatic rings. The smallest absolute Gasteiger partial charge is 0.410 e. The molecule has 7 nitrogen and oxygen atoms in total. The van der Waals surface area contributed by atoms with Crippen LogP contribution in [-0.2, 0) is 4.74 Å². The minimum absolute atomic E-state index is 0.0950. The number of ether oxygens (including phenoxy) is 2. The number of anilines is 2. The lowest BCUT2D eigenvalue weighted by Gasteiger charge is -2.29. The molecule has 1 N–H and O–H groups in total. The average molecular weight is 482 g/mol. The van der Waals surface area contributed by atoms with Gasteiger partial charge in [0, 0.05) is 37.1 Å². The number of aryl methyl sites for hydroxylation is 1. The molecule has 1 atom stereocenters. The maximum Gasteiger partial charge on any atom is 0.410 e. The summed E-state index contributed by atoms with van der Waals surface area (Å²) in [5.41, 5.74) is 3.01. The van der Waals surface area contributed by atoms with Crippen LogP contribution in [0.5, 0.6) is 5.75 Å². The summed E-state index contributed by atoms with van der Waals surface area (Å²) in [6.45, 7) is 12.1. The first-order valence-electron chi connectivity index (χ1n) is 12.4. The molecule has 0 spiro atoms. The maximum atomic E-state index is 12.7. The molecule has 0 saturated carbocycles. The fraction of sp³-hybridized carbons (Fsp3) is 0.500. The highest BCUT2D eigenvalue weighted by Gasteiger charge is 2.31. The first-order chi connectivity index (χ1) is 16.6. The molecular weight excluding hydrogens is 442 g/mol. The van der Waals surface area contributed by atoms with E-state index in [9.17, 15) is 9.59 Å². The van der Waals surface area contributed by atoms with Gasteiger partial charge in [-0.2, -0.15) is 0 Å². The summed E-state index contributed by atoms with van der Waals surface area (Å²) in [6, 6.07) is 13.3. The number of hydrogen-bond donors (Lipinski definition) is 1. The first kappa shape index (κ1) is 26.4. The maximum absolute atomic E-state index is 12.7. The Labute approximate surface area is 209 Å². The first-order valence-corrected chi connectivity index (χ1v) is 12.4. The normalized spacial score (nSPS) is 15.6. The highest BCUT2D eigenvalue weighted by atomic mass is 16.6. The molecule has 7 heteroatoms. The summed E-state index contributed by atoms with van der Waals surface area (Å²) in [4.78, 5) is 29.1. The summed E-state index contributed by atoms with van der Waals surface area (Å²) < 4.78 is 11.2. The molecule has 2 amide bonds. The number of nitrogens with zero attached hydrogens (tertiary/aromatic N) is 2. The SMILES string of the molecule is CCCCOc1ccc(C(=O)Nc2ccc(N3CCC(N(C)C(=O)OC(C)(C)C)C3)c(C)c2)cc1. The van der Waals surface area contributed by atoms with Crippen LogP contribution in [0.4, 0.5) is 16.2 Å². The lowest BCUT2D eigenvalue weighted by Crippen LogP contribution is -2.42. The van der Waals surface area contributed by atoms with E-state index < -0.39 is 5.60 Å². The number of nitrogens with one attached hydrogen (secondary N) is 1. The molecule has 1 unspecified atom stereocenters. The minimum atomic E-state index is -0.509. The summed E-state index contributed by atoms with van der Waals surface area (Å²) in [6.07, 6.45) is 2.68. The second-order valence-corrected chi connectivity index (χ2v) is 10.2. The second-order valence-electron chi connectivity index (χ2n) is 10.2. The second kappa shape index (κ2) is 11.5. The van der Waals surface area contributed by atoms with Crippen molar-refractivity contribution in [2.45, 2.75) is 65.5 Å². The summed E-state index contributed by atoms with van der Waals surface area (Å²) >= 11 is 0. The van der Waals surface area contributed by atoms with Crippen molar-refractivity contribution in [2.24, 2.45) is 0 Å². The predicted molar refractivity (Wildman–Crippen MR) is 141 cm³/mol. The van der Waals surface area contributed by atoms with Crippen LogP contribution in [0.15, 0.2) is 42.5 Å². The quantitative estimate of drug-likeness (QED) is 0.477. The van der Waals surface area contributed by atoms with E-state index in [0.29, 0.717) is 12.2 Å².